The molecule has 0 aromatic heterocycles. The quantitative estimate of drug-likeness (QED) is 0.630. The molecule has 1 aromatic carbocycles. The molecule has 24 heavy (non-hydrogen) atoms. The molecule has 0 spiro atoms. The van der Waals surface area contributed by atoms with Gasteiger partial charge in [-0.05, 0) is 37.1 Å². The molecule has 1 aromatic rings. The van der Waals surface area contributed by atoms with Crippen LogP contribution in [0.5, 0.6) is 0 Å². The van der Waals surface area contributed by atoms with Gasteiger partial charge >= 0.3 is 0 Å². The number of nitrogens with one attached hydrogen (secondary N) is 3. The van der Waals surface area contributed by atoms with Crippen molar-refractivity contribution >= 4 is 15.9 Å². The second-order valence-electron chi connectivity index (χ2n) is 6.27. The van der Waals surface area contributed by atoms with E-state index >= 15 is 0 Å². The molecule has 0 bridgehead atoms. The summed E-state index contributed by atoms with van der Waals surface area (Å²) in [5.41, 5.74) is 0.473. The molecule has 1 saturated carbocycles. The van der Waals surface area contributed by atoms with Crippen molar-refractivity contribution in [1.29, 1.82) is 0 Å². The van der Waals surface area contributed by atoms with Crippen LogP contribution >= 0.6 is 0 Å². The molecule has 2 aliphatic rings. The number of hydrogen-bond acceptors (Lipinski definition) is 5. The Morgan fingerprint density at radius 3 is 2.46 bits per heavy atom. The SMILES string of the molecule is O=C(NCCN1CCNCC1)c1ccc(S(=O)(=O)NC2CC2)cc1. The Balaban J connectivity index is 1.49. The second-order valence-corrected chi connectivity index (χ2v) is 7.98. The molecule has 132 valence electrons. The lowest BCUT2D eigenvalue weighted by molar-refractivity contribution is 0.0947. The van der Waals surface area contributed by atoms with Crippen molar-refractivity contribution in [3.8, 4) is 0 Å². The van der Waals surface area contributed by atoms with Crippen LogP contribution in [-0.2, 0) is 10.0 Å². The first-order chi connectivity index (χ1) is 11.5. The van der Waals surface area contributed by atoms with Gasteiger partial charge in [0.1, 0.15) is 0 Å². The highest BCUT2D eigenvalue weighted by molar-refractivity contribution is 7.89. The third-order valence-corrected chi connectivity index (χ3v) is 5.79. The fourth-order valence-electron chi connectivity index (χ4n) is 2.64. The van der Waals surface area contributed by atoms with Crippen molar-refractivity contribution in [2.75, 3.05) is 39.3 Å². The Hall–Kier alpha value is -1.48. The van der Waals surface area contributed by atoms with Gasteiger partial charge in [-0.3, -0.25) is 9.69 Å². The van der Waals surface area contributed by atoms with Crippen molar-refractivity contribution in [2.24, 2.45) is 0 Å². The third kappa shape index (κ3) is 4.76. The normalized spacial score (nSPS) is 19.2. The summed E-state index contributed by atoms with van der Waals surface area (Å²) in [6.45, 7) is 5.37. The van der Waals surface area contributed by atoms with Gasteiger partial charge in [-0.2, -0.15) is 0 Å². The summed E-state index contributed by atoms with van der Waals surface area (Å²) >= 11 is 0. The lowest BCUT2D eigenvalue weighted by Crippen LogP contribution is -2.46. The van der Waals surface area contributed by atoms with Crippen molar-refractivity contribution in [1.82, 2.24) is 20.3 Å². The Morgan fingerprint density at radius 2 is 1.83 bits per heavy atom. The molecule has 1 amide bonds. The molecule has 3 N–H and O–H groups in total. The van der Waals surface area contributed by atoms with E-state index in [1.165, 1.54) is 12.1 Å². The number of piperazine rings is 1. The van der Waals surface area contributed by atoms with Crippen LogP contribution in [0, 0.1) is 0 Å². The van der Waals surface area contributed by atoms with Crippen molar-refractivity contribution in [3.05, 3.63) is 29.8 Å². The molecule has 0 atom stereocenters. The van der Waals surface area contributed by atoms with Crippen molar-refractivity contribution < 1.29 is 13.2 Å². The molecule has 0 radical (unpaired) electrons. The van der Waals surface area contributed by atoms with Crippen LogP contribution in [0.4, 0.5) is 0 Å². The summed E-state index contributed by atoms with van der Waals surface area (Å²) in [7, 11) is -3.47. The summed E-state index contributed by atoms with van der Waals surface area (Å²) in [6.07, 6.45) is 1.79. The van der Waals surface area contributed by atoms with Crippen LogP contribution in [-0.4, -0.2) is 64.5 Å². The number of sulfonamides is 1. The molecule has 1 heterocycles. The van der Waals surface area contributed by atoms with Crippen LogP contribution in [0.15, 0.2) is 29.2 Å². The molecule has 3 rings (SSSR count). The van der Waals surface area contributed by atoms with Gasteiger partial charge in [-0.15, -0.1) is 0 Å². The lowest BCUT2D eigenvalue weighted by Gasteiger charge is -2.27. The molecular weight excluding hydrogens is 328 g/mol. The number of benzene rings is 1. The zero-order chi connectivity index (χ0) is 17.0. The topological polar surface area (TPSA) is 90.5 Å². The van der Waals surface area contributed by atoms with Crippen LogP contribution in [0.3, 0.4) is 0 Å². The van der Waals surface area contributed by atoms with Gasteiger partial charge in [-0.25, -0.2) is 13.1 Å². The molecular formula is C16H24N4O3S. The van der Waals surface area contributed by atoms with Crippen molar-refractivity contribution in [2.45, 2.75) is 23.8 Å². The zero-order valence-corrected chi connectivity index (χ0v) is 14.4. The van der Waals surface area contributed by atoms with E-state index in [0.29, 0.717) is 12.1 Å². The van der Waals surface area contributed by atoms with E-state index in [4.69, 9.17) is 0 Å². The maximum Gasteiger partial charge on any atom is 0.251 e. The highest BCUT2D eigenvalue weighted by Crippen LogP contribution is 2.22. The van der Waals surface area contributed by atoms with E-state index < -0.39 is 10.0 Å². The van der Waals surface area contributed by atoms with E-state index in [1.807, 2.05) is 0 Å². The number of hydrogen-bond donors (Lipinski definition) is 3. The minimum Gasteiger partial charge on any atom is -0.351 e. The third-order valence-electron chi connectivity index (χ3n) is 4.25. The Bertz CT molecular complexity index is 665. The molecule has 1 saturated heterocycles. The Morgan fingerprint density at radius 1 is 1.17 bits per heavy atom. The molecule has 0 unspecified atom stereocenters. The fourth-order valence-corrected chi connectivity index (χ4v) is 3.94. The molecule has 8 heteroatoms. The first-order valence-corrected chi connectivity index (χ1v) is 9.86. The monoisotopic (exact) mass is 352 g/mol. The predicted molar refractivity (Wildman–Crippen MR) is 91.4 cm³/mol. The average molecular weight is 352 g/mol. The van der Waals surface area contributed by atoms with Crippen LogP contribution in [0.25, 0.3) is 0 Å². The van der Waals surface area contributed by atoms with Gasteiger partial charge < -0.3 is 10.6 Å². The summed E-state index contributed by atoms with van der Waals surface area (Å²) in [6, 6.07) is 6.15. The number of rotatable bonds is 7. The first-order valence-electron chi connectivity index (χ1n) is 8.38. The number of carbonyl (C=O) groups excluding carboxylic acids is 1. The van der Waals surface area contributed by atoms with Gasteiger partial charge in [-0.1, -0.05) is 0 Å². The number of carbonyl (C=O) groups is 1. The Labute approximate surface area is 142 Å². The maximum absolute atomic E-state index is 12.1. The van der Waals surface area contributed by atoms with Gasteiger partial charge in [0.05, 0.1) is 4.90 Å². The largest absolute Gasteiger partial charge is 0.351 e. The van der Waals surface area contributed by atoms with E-state index in [1.54, 1.807) is 12.1 Å². The predicted octanol–water partition coefficient (Wildman–Crippen LogP) is -0.238. The number of nitrogens with zero attached hydrogens (tertiary/aromatic N) is 1. The second kappa shape index (κ2) is 7.60. The van der Waals surface area contributed by atoms with E-state index in [9.17, 15) is 13.2 Å². The summed E-state index contributed by atoms with van der Waals surface area (Å²) in [5, 5.41) is 6.17. The molecule has 7 nitrogen and oxygen atoms in total. The standard InChI is InChI=1S/C16H24N4O3S/c21-16(18-9-12-20-10-7-17-8-11-20)13-1-5-15(6-2-13)24(22,23)19-14-3-4-14/h1-2,5-6,14,17,19H,3-4,7-12H2,(H,18,21). The molecule has 1 aliphatic carbocycles. The maximum atomic E-state index is 12.1. The first kappa shape index (κ1) is 17.3. The minimum absolute atomic E-state index is 0.0722. The molecule has 1 aliphatic heterocycles. The molecule has 2 fully saturated rings. The fraction of sp³-hybridized carbons (Fsp3) is 0.562. The highest BCUT2D eigenvalue weighted by Gasteiger charge is 2.27. The summed E-state index contributed by atoms with van der Waals surface area (Å²) in [5.74, 6) is -0.177. The van der Waals surface area contributed by atoms with E-state index in [2.05, 4.69) is 20.3 Å². The zero-order valence-electron chi connectivity index (χ0n) is 13.6. The van der Waals surface area contributed by atoms with Crippen LogP contribution < -0.4 is 15.4 Å². The van der Waals surface area contributed by atoms with Crippen molar-refractivity contribution in [3.63, 3.8) is 0 Å². The van der Waals surface area contributed by atoms with E-state index in [-0.39, 0.29) is 16.8 Å². The van der Waals surface area contributed by atoms with Gasteiger partial charge in [0.15, 0.2) is 0 Å². The minimum atomic E-state index is -3.47. The van der Waals surface area contributed by atoms with Gasteiger partial charge in [0.2, 0.25) is 10.0 Å². The highest BCUT2D eigenvalue weighted by atomic mass is 32.2. The van der Waals surface area contributed by atoms with Gasteiger partial charge in [0.25, 0.3) is 5.91 Å². The number of amides is 1. The lowest BCUT2D eigenvalue weighted by atomic mass is 10.2. The Kier molecular flexibility index (Phi) is 5.50. The summed E-state index contributed by atoms with van der Waals surface area (Å²) < 4.78 is 26.8. The van der Waals surface area contributed by atoms with Crippen LogP contribution in [0.2, 0.25) is 0 Å². The van der Waals surface area contributed by atoms with E-state index in [0.717, 1.165) is 45.6 Å². The van der Waals surface area contributed by atoms with Crippen LogP contribution in [0.1, 0.15) is 23.2 Å². The average Bonchev–Trinajstić information content (AvgIpc) is 3.39. The van der Waals surface area contributed by atoms with Gasteiger partial charge in [0, 0.05) is 50.9 Å². The summed E-state index contributed by atoms with van der Waals surface area (Å²) in [4.78, 5) is 14.6. The smallest absolute Gasteiger partial charge is 0.251 e.